The molecule has 0 saturated heterocycles. The first kappa shape index (κ1) is 64.1. The first-order valence-electron chi connectivity index (χ1n) is 24.6. The van der Waals surface area contributed by atoms with Crippen LogP contribution in [0.4, 0.5) is 0 Å². The summed E-state index contributed by atoms with van der Waals surface area (Å²) < 4.78 is 0. The molecule has 0 unspecified atom stereocenters. The summed E-state index contributed by atoms with van der Waals surface area (Å²) in [4.78, 5) is 30.9. The molecule has 0 bridgehead atoms. The molecule has 0 saturated carbocycles. The molecule has 0 aliphatic rings. The number of aliphatic hydroxyl groups excluding tert-OH is 3. The zero-order chi connectivity index (χ0) is 45.4. The molecule has 0 aromatic heterocycles. The van der Waals surface area contributed by atoms with Gasteiger partial charge in [0.25, 0.3) is 0 Å². The van der Waals surface area contributed by atoms with Gasteiger partial charge in [0.15, 0.2) is 0 Å². The number of allylic oxidation sites excluding steroid dienone is 6. The quantitative estimate of drug-likeness (QED) is 0.0258. The van der Waals surface area contributed by atoms with Gasteiger partial charge < -0.3 is 30.6 Å². The molecule has 0 radical (unpaired) electrons. The predicted octanol–water partition coefficient (Wildman–Crippen LogP) is 14.3. The van der Waals surface area contributed by atoms with Gasteiger partial charge in [0.2, 0.25) is 0 Å². The van der Waals surface area contributed by atoms with E-state index in [0.29, 0.717) is 19.3 Å². The maximum Gasteiger partial charge on any atom is 0.303 e. The molecule has 9 nitrogen and oxygen atoms in total. The fraction of sp³-hybridized carbons (Fsp3) is 0.824. The van der Waals surface area contributed by atoms with Gasteiger partial charge in [-0.25, -0.2) is 0 Å². The topological polar surface area (TPSA) is 173 Å². The summed E-state index contributed by atoms with van der Waals surface area (Å²) in [7, 11) is 0. The van der Waals surface area contributed by atoms with E-state index in [9.17, 15) is 14.4 Å². The standard InChI is InChI=1S/3C16H30O2.C3H8O3/c3*1-2-3-4-5-6-7-8-9-10-11-12-13-14-15-16(17)18;4-1-3(6)2-5/h3*7-8H,2-6,9-15H2,1H3,(H,17,18);3-6H,1-2H2. The molecule has 0 heterocycles. The molecule has 0 amide bonds. The van der Waals surface area contributed by atoms with Crippen LogP contribution in [0.5, 0.6) is 0 Å². The van der Waals surface area contributed by atoms with Crippen LogP contribution < -0.4 is 0 Å². The summed E-state index contributed by atoms with van der Waals surface area (Å²) in [5.74, 6) is -2.00. The van der Waals surface area contributed by atoms with Crippen molar-refractivity contribution in [3.8, 4) is 0 Å². The Morgan fingerprint density at radius 1 is 0.333 bits per heavy atom. The lowest BCUT2D eigenvalue weighted by Gasteiger charge is -1.98. The third-order valence-corrected chi connectivity index (χ3v) is 9.88. The van der Waals surface area contributed by atoms with Gasteiger partial charge >= 0.3 is 17.9 Å². The second kappa shape index (κ2) is 60.8. The van der Waals surface area contributed by atoms with Gasteiger partial charge in [0.05, 0.1) is 13.2 Å². The van der Waals surface area contributed by atoms with Crippen molar-refractivity contribution in [3.63, 3.8) is 0 Å². The Bertz CT molecular complexity index is 818. The van der Waals surface area contributed by atoms with E-state index in [1.54, 1.807) is 0 Å². The summed E-state index contributed by atoms with van der Waals surface area (Å²) in [6.45, 7) is 6.00. The third-order valence-electron chi connectivity index (χ3n) is 9.88. The highest BCUT2D eigenvalue weighted by atomic mass is 16.4. The lowest BCUT2D eigenvalue weighted by atomic mass is 10.1. The third kappa shape index (κ3) is 76.2. The minimum atomic E-state index is -0.954. The van der Waals surface area contributed by atoms with Crippen LogP contribution >= 0.6 is 0 Å². The second-order valence-corrected chi connectivity index (χ2v) is 16.1. The average Bonchev–Trinajstić information content (AvgIpc) is 3.23. The van der Waals surface area contributed by atoms with E-state index in [2.05, 4.69) is 57.2 Å². The molecule has 0 rings (SSSR count). The van der Waals surface area contributed by atoms with Crippen molar-refractivity contribution in [2.75, 3.05) is 13.2 Å². The maximum atomic E-state index is 10.3. The van der Waals surface area contributed by atoms with Crippen molar-refractivity contribution in [3.05, 3.63) is 36.5 Å². The highest BCUT2D eigenvalue weighted by Gasteiger charge is 1.98. The number of carboxylic acids is 3. The van der Waals surface area contributed by atoms with Crippen molar-refractivity contribution < 1.29 is 45.0 Å². The zero-order valence-electron chi connectivity index (χ0n) is 39.3. The average molecular weight is 855 g/mol. The minimum Gasteiger partial charge on any atom is -0.481 e. The van der Waals surface area contributed by atoms with E-state index in [1.807, 2.05) is 0 Å². The second-order valence-electron chi connectivity index (χ2n) is 16.1. The Morgan fingerprint density at radius 2 is 0.517 bits per heavy atom. The molecule has 0 aromatic carbocycles. The van der Waals surface area contributed by atoms with Gasteiger partial charge in [-0.3, -0.25) is 14.4 Å². The molecule has 0 atom stereocenters. The molecular weight excluding hydrogens is 757 g/mol. The number of aliphatic carboxylic acids is 3. The van der Waals surface area contributed by atoms with E-state index in [0.717, 1.165) is 38.5 Å². The van der Waals surface area contributed by atoms with Crippen molar-refractivity contribution >= 4 is 17.9 Å². The van der Waals surface area contributed by atoms with Crippen LogP contribution in [0.25, 0.3) is 0 Å². The minimum absolute atomic E-state index is 0.331. The van der Waals surface area contributed by atoms with Gasteiger partial charge in [-0.05, 0) is 96.3 Å². The predicted molar refractivity (Wildman–Crippen MR) is 254 cm³/mol. The molecule has 0 aliphatic heterocycles. The molecule has 60 heavy (non-hydrogen) atoms. The van der Waals surface area contributed by atoms with Crippen molar-refractivity contribution in [1.82, 2.24) is 0 Å². The van der Waals surface area contributed by atoms with Crippen molar-refractivity contribution in [2.24, 2.45) is 0 Å². The molecule has 6 N–H and O–H groups in total. The van der Waals surface area contributed by atoms with E-state index >= 15 is 0 Å². The monoisotopic (exact) mass is 855 g/mol. The zero-order valence-corrected chi connectivity index (χ0v) is 39.3. The Balaban J connectivity index is -0.000000366. The fourth-order valence-corrected chi connectivity index (χ4v) is 6.04. The van der Waals surface area contributed by atoms with Gasteiger partial charge in [-0.15, -0.1) is 0 Å². The SMILES string of the molecule is CCCCCCC=CCCCCCCCC(=O)O.CCCCCCC=CCCCCCCCC(=O)O.CCCCCCC=CCCCCCCCC(=O)O.OCC(O)CO. The van der Waals surface area contributed by atoms with Crippen LogP contribution in [0.1, 0.15) is 252 Å². The summed E-state index contributed by atoms with van der Waals surface area (Å²) in [6, 6.07) is 0. The molecule has 0 spiro atoms. The lowest BCUT2D eigenvalue weighted by Crippen LogP contribution is -2.15. The Morgan fingerprint density at radius 3 is 0.683 bits per heavy atom. The first-order valence-corrected chi connectivity index (χ1v) is 24.6. The van der Waals surface area contributed by atoms with E-state index in [4.69, 9.17) is 30.6 Å². The molecule has 356 valence electrons. The normalized spacial score (nSPS) is 11.1. The molecular formula is C51H98O9. The van der Waals surface area contributed by atoms with E-state index < -0.39 is 24.0 Å². The summed E-state index contributed by atoms with van der Waals surface area (Å²) in [5, 5.41) is 49.5. The molecule has 0 aromatic rings. The Hall–Kier alpha value is -2.49. The van der Waals surface area contributed by atoms with Gasteiger partial charge in [-0.2, -0.15) is 0 Å². The molecule has 0 fully saturated rings. The smallest absolute Gasteiger partial charge is 0.303 e. The van der Waals surface area contributed by atoms with Crippen LogP contribution in [0.15, 0.2) is 36.5 Å². The Kier molecular flexibility index (Phi) is 65.0. The van der Waals surface area contributed by atoms with Gasteiger partial charge in [0, 0.05) is 19.3 Å². The van der Waals surface area contributed by atoms with Crippen LogP contribution in [0.3, 0.4) is 0 Å². The molecule has 0 aliphatic carbocycles. The Labute approximate surface area is 369 Å². The van der Waals surface area contributed by atoms with Gasteiger partial charge in [0.1, 0.15) is 6.10 Å². The number of aliphatic hydroxyl groups is 3. The van der Waals surface area contributed by atoms with Crippen LogP contribution in [0.2, 0.25) is 0 Å². The van der Waals surface area contributed by atoms with E-state index in [1.165, 1.54) is 173 Å². The number of carboxylic acid groups (broad SMARTS) is 3. The van der Waals surface area contributed by atoms with E-state index in [-0.39, 0.29) is 13.2 Å². The van der Waals surface area contributed by atoms with Crippen LogP contribution in [-0.2, 0) is 14.4 Å². The fourth-order valence-electron chi connectivity index (χ4n) is 6.04. The highest BCUT2D eigenvalue weighted by molar-refractivity contribution is 5.67. The number of hydrogen-bond acceptors (Lipinski definition) is 6. The maximum absolute atomic E-state index is 10.3. The highest BCUT2D eigenvalue weighted by Crippen LogP contribution is 2.11. The summed E-state index contributed by atoms with van der Waals surface area (Å²) >= 11 is 0. The van der Waals surface area contributed by atoms with Crippen molar-refractivity contribution in [1.29, 1.82) is 0 Å². The van der Waals surface area contributed by atoms with Crippen LogP contribution in [0, 0.1) is 0 Å². The number of rotatable bonds is 41. The first-order chi connectivity index (χ1) is 29.1. The van der Waals surface area contributed by atoms with Crippen molar-refractivity contribution in [2.45, 2.75) is 258 Å². The number of unbranched alkanes of at least 4 members (excludes halogenated alkanes) is 27. The number of hydrogen-bond donors (Lipinski definition) is 6. The number of carbonyl (C=O) groups is 3. The molecule has 9 heteroatoms. The summed E-state index contributed by atoms with van der Waals surface area (Å²) in [5.41, 5.74) is 0. The lowest BCUT2D eigenvalue weighted by molar-refractivity contribution is -0.138. The van der Waals surface area contributed by atoms with Crippen LogP contribution in [-0.4, -0.2) is 67.9 Å². The summed E-state index contributed by atoms with van der Waals surface area (Å²) in [6.07, 6.45) is 54.0. The largest absolute Gasteiger partial charge is 0.481 e. The van der Waals surface area contributed by atoms with Gasteiger partial charge in [-0.1, -0.05) is 173 Å².